The summed E-state index contributed by atoms with van der Waals surface area (Å²) in [5.74, 6) is -1.27. The summed E-state index contributed by atoms with van der Waals surface area (Å²) < 4.78 is 31.6. The van der Waals surface area contributed by atoms with E-state index in [0.717, 1.165) is 24.8 Å². The molecule has 2 amide bonds. The Kier molecular flexibility index (Phi) is 11.9. The van der Waals surface area contributed by atoms with Crippen LogP contribution in [0.15, 0.2) is 54.6 Å². The van der Waals surface area contributed by atoms with Crippen molar-refractivity contribution >= 4 is 29.3 Å². The quantitative estimate of drug-likeness (QED) is 0.180. The summed E-state index contributed by atoms with van der Waals surface area (Å²) >= 11 is 0. The standard InChI is InChI=1S/C38H48FN3O6/c1-8-24-11-12-33(28(14-24)21-34(43)47-37(2,3)4)42-35(44)29-17-27(19-31(20-29)40-23-32-10-9-13-46-32)26-15-25(16-30(39)18-26)22-41-36(45)48-38(5,6)7/h11-12,14-20,32,40H,8-10,13,21-23H2,1-7H3,(H,41,45)(H,42,44). The Bertz CT molecular complexity index is 1620. The van der Waals surface area contributed by atoms with E-state index in [9.17, 15) is 18.8 Å². The summed E-state index contributed by atoms with van der Waals surface area (Å²) in [6, 6.07) is 15.4. The fraction of sp³-hybridized carbons (Fsp3) is 0.447. The number of rotatable bonds is 11. The number of hydrogen-bond donors (Lipinski definition) is 3. The van der Waals surface area contributed by atoms with Gasteiger partial charge in [0.1, 0.15) is 17.0 Å². The van der Waals surface area contributed by atoms with Crippen molar-refractivity contribution in [1.82, 2.24) is 5.32 Å². The molecule has 1 aliphatic rings. The van der Waals surface area contributed by atoms with Crippen molar-refractivity contribution in [3.63, 3.8) is 0 Å². The Hall–Kier alpha value is -4.44. The van der Waals surface area contributed by atoms with Crippen LogP contribution in [0.25, 0.3) is 11.1 Å². The molecule has 3 aromatic rings. The third-order valence-electron chi connectivity index (χ3n) is 7.46. The molecule has 1 atom stereocenters. The van der Waals surface area contributed by atoms with E-state index < -0.39 is 35.0 Å². The number of hydrogen-bond acceptors (Lipinski definition) is 7. The van der Waals surface area contributed by atoms with Gasteiger partial charge in [-0.2, -0.15) is 0 Å². The Balaban J connectivity index is 1.64. The highest BCUT2D eigenvalue weighted by Gasteiger charge is 2.21. The smallest absolute Gasteiger partial charge is 0.407 e. The number of amides is 2. The molecule has 48 heavy (non-hydrogen) atoms. The van der Waals surface area contributed by atoms with E-state index in [2.05, 4.69) is 16.0 Å². The van der Waals surface area contributed by atoms with Gasteiger partial charge < -0.3 is 30.2 Å². The highest BCUT2D eigenvalue weighted by molar-refractivity contribution is 6.06. The number of esters is 1. The van der Waals surface area contributed by atoms with Crippen LogP contribution in [-0.2, 0) is 38.4 Å². The van der Waals surface area contributed by atoms with Crippen LogP contribution in [0.2, 0.25) is 0 Å². The van der Waals surface area contributed by atoms with Gasteiger partial charge in [-0.05, 0) is 131 Å². The molecule has 3 N–H and O–H groups in total. The SMILES string of the molecule is CCc1ccc(NC(=O)c2cc(NCC3CCCO3)cc(-c3cc(F)cc(CNC(=O)OC(C)(C)C)c3)c2)c(CC(=O)OC(C)(C)C)c1. The molecule has 1 heterocycles. The zero-order valence-electron chi connectivity index (χ0n) is 29.1. The minimum Gasteiger partial charge on any atom is -0.460 e. The van der Waals surface area contributed by atoms with Crippen LogP contribution in [0.5, 0.6) is 0 Å². The van der Waals surface area contributed by atoms with E-state index in [1.54, 1.807) is 45.0 Å². The van der Waals surface area contributed by atoms with Gasteiger partial charge >= 0.3 is 12.1 Å². The van der Waals surface area contributed by atoms with Gasteiger partial charge in [0.25, 0.3) is 5.91 Å². The van der Waals surface area contributed by atoms with Crippen molar-refractivity contribution in [2.24, 2.45) is 0 Å². The molecule has 0 radical (unpaired) electrons. The van der Waals surface area contributed by atoms with Crippen LogP contribution in [0.1, 0.15) is 88.4 Å². The highest BCUT2D eigenvalue weighted by Crippen LogP contribution is 2.29. The first-order valence-electron chi connectivity index (χ1n) is 16.5. The lowest BCUT2D eigenvalue weighted by atomic mass is 9.99. The van der Waals surface area contributed by atoms with Crippen molar-refractivity contribution < 1.29 is 33.0 Å². The molecule has 0 bridgehead atoms. The zero-order chi connectivity index (χ0) is 35.1. The summed E-state index contributed by atoms with van der Waals surface area (Å²) in [7, 11) is 0. The molecule has 1 aliphatic heterocycles. The average Bonchev–Trinajstić information content (AvgIpc) is 3.51. The second-order valence-electron chi connectivity index (χ2n) is 14.1. The van der Waals surface area contributed by atoms with E-state index in [4.69, 9.17) is 14.2 Å². The number of nitrogens with one attached hydrogen (secondary N) is 3. The summed E-state index contributed by atoms with van der Waals surface area (Å²) in [5.41, 5.74) is 3.54. The number of carbonyl (C=O) groups excluding carboxylic acids is 3. The summed E-state index contributed by atoms with van der Waals surface area (Å²) in [5, 5.41) is 9.05. The minimum absolute atomic E-state index is 0.00163. The summed E-state index contributed by atoms with van der Waals surface area (Å²) in [6.07, 6.45) is 2.14. The Labute approximate surface area is 282 Å². The normalized spacial score (nSPS) is 14.7. The third kappa shape index (κ3) is 11.4. The Morgan fingerprint density at radius 2 is 1.62 bits per heavy atom. The maximum Gasteiger partial charge on any atom is 0.407 e. The van der Waals surface area contributed by atoms with Crippen LogP contribution < -0.4 is 16.0 Å². The predicted octanol–water partition coefficient (Wildman–Crippen LogP) is 7.81. The molecular formula is C38H48FN3O6. The molecule has 3 aromatic carbocycles. The molecule has 10 heteroatoms. The Morgan fingerprint density at radius 3 is 2.29 bits per heavy atom. The number of halogens is 1. The number of aryl methyl sites for hydroxylation is 1. The lowest BCUT2D eigenvalue weighted by Crippen LogP contribution is -2.32. The molecule has 1 saturated heterocycles. The molecular weight excluding hydrogens is 613 g/mol. The largest absolute Gasteiger partial charge is 0.460 e. The maximum atomic E-state index is 14.9. The number of ether oxygens (including phenoxy) is 3. The predicted molar refractivity (Wildman–Crippen MR) is 186 cm³/mol. The molecule has 0 aromatic heterocycles. The van der Waals surface area contributed by atoms with Crippen molar-refractivity contribution in [3.05, 3.63) is 82.7 Å². The minimum atomic E-state index is -0.667. The van der Waals surface area contributed by atoms with Gasteiger partial charge in [0, 0.05) is 36.6 Å². The molecule has 1 unspecified atom stereocenters. The topological polar surface area (TPSA) is 115 Å². The summed E-state index contributed by atoms with van der Waals surface area (Å²) in [4.78, 5) is 38.8. The molecule has 258 valence electrons. The van der Waals surface area contributed by atoms with Gasteiger partial charge in [-0.25, -0.2) is 9.18 Å². The second kappa shape index (κ2) is 15.6. The van der Waals surface area contributed by atoms with E-state index in [-0.39, 0.29) is 19.1 Å². The monoisotopic (exact) mass is 661 g/mol. The van der Waals surface area contributed by atoms with Crippen molar-refractivity contribution in [2.45, 2.75) is 98.0 Å². The van der Waals surface area contributed by atoms with Gasteiger partial charge in [0.15, 0.2) is 0 Å². The van der Waals surface area contributed by atoms with Crippen molar-refractivity contribution in [1.29, 1.82) is 0 Å². The van der Waals surface area contributed by atoms with E-state index >= 15 is 0 Å². The first kappa shape index (κ1) is 36.4. The van der Waals surface area contributed by atoms with E-state index in [0.29, 0.717) is 52.3 Å². The van der Waals surface area contributed by atoms with Crippen LogP contribution in [-0.4, -0.2) is 48.4 Å². The maximum absolute atomic E-state index is 14.9. The van der Waals surface area contributed by atoms with E-state index in [1.807, 2.05) is 45.9 Å². The fourth-order valence-corrected chi connectivity index (χ4v) is 5.33. The summed E-state index contributed by atoms with van der Waals surface area (Å²) in [6.45, 7) is 14.1. The van der Waals surface area contributed by atoms with Gasteiger partial charge in [-0.15, -0.1) is 0 Å². The van der Waals surface area contributed by atoms with E-state index in [1.165, 1.54) is 12.1 Å². The average molecular weight is 662 g/mol. The van der Waals surface area contributed by atoms with Crippen LogP contribution in [0.4, 0.5) is 20.6 Å². The number of anilines is 2. The molecule has 0 saturated carbocycles. The third-order valence-corrected chi connectivity index (χ3v) is 7.46. The lowest BCUT2D eigenvalue weighted by molar-refractivity contribution is -0.153. The first-order chi connectivity index (χ1) is 22.6. The van der Waals surface area contributed by atoms with Crippen molar-refractivity contribution in [2.75, 3.05) is 23.8 Å². The molecule has 0 spiro atoms. The van der Waals surface area contributed by atoms with Crippen LogP contribution >= 0.6 is 0 Å². The van der Waals surface area contributed by atoms with Gasteiger partial charge in [-0.1, -0.05) is 19.1 Å². The number of carbonyl (C=O) groups is 3. The first-order valence-corrected chi connectivity index (χ1v) is 16.5. The lowest BCUT2D eigenvalue weighted by Gasteiger charge is -2.20. The van der Waals surface area contributed by atoms with Gasteiger partial charge in [0.05, 0.1) is 12.5 Å². The van der Waals surface area contributed by atoms with Crippen molar-refractivity contribution in [3.8, 4) is 11.1 Å². The second-order valence-corrected chi connectivity index (χ2v) is 14.1. The van der Waals surface area contributed by atoms with Crippen LogP contribution in [0, 0.1) is 5.82 Å². The van der Waals surface area contributed by atoms with Crippen LogP contribution in [0.3, 0.4) is 0 Å². The molecule has 0 aliphatic carbocycles. The zero-order valence-corrected chi connectivity index (χ0v) is 29.1. The Morgan fingerprint density at radius 1 is 0.896 bits per heavy atom. The number of benzene rings is 3. The number of alkyl carbamates (subject to hydrolysis) is 1. The molecule has 1 fully saturated rings. The molecule has 9 nitrogen and oxygen atoms in total. The van der Waals surface area contributed by atoms with Gasteiger partial charge in [-0.3, -0.25) is 9.59 Å². The fourth-order valence-electron chi connectivity index (χ4n) is 5.33. The highest BCUT2D eigenvalue weighted by atomic mass is 19.1. The van der Waals surface area contributed by atoms with Gasteiger partial charge in [0.2, 0.25) is 0 Å². The molecule has 4 rings (SSSR count).